The second kappa shape index (κ2) is 4.62. The molecule has 5 heteroatoms. The van der Waals surface area contributed by atoms with E-state index in [4.69, 9.17) is 5.02 Å². The van der Waals surface area contributed by atoms with E-state index in [1.165, 1.54) is 0 Å². The summed E-state index contributed by atoms with van der Waals surface area (Å²) in [5.41, 5.74) is 3.74. The zero-order valence-corrected chi connectivity index (χ0v) is 9.69. The lowest BCUT2D eigenvalue weighted by molar-refractivity contribution is 0.615. The van der Waals surface area contributed by atoms with Crippen LogP contribution in [0.15, 0.2) is 48.9 Å². The van der Waals surface area contributed by atoms with E-state index in [0.29, 0.717) is 0 Å². The lowest BCUT2D eigenvalue weighted by Gasteiger charge is -2.05. The number of hydrogen-bond donors (Lipinski definition) is 1. The molecule has 0 saturated carbocycles. The monoisotopic (exact) mass is 236 g/mol. The third kappa shape index (κ3) is 2.00. The zero-order chi connectivity index (χ0) is 12.4. The lowest BCUT2D eigenvalue weighted by atomic mass is 9.88. The highest BCUT2D eigenvalue weighted by molar-refractivity contribution is 6.45. The van der Waals surface area contributed by atoms with Crippen LogP contribution in [0.3, 0.4) is 0 Å². The maximum absolute atomic E-state index is 8.88. The SMILES string of the molecule is O[B]c1ccc(Cn2ccc3nccnc32)cc1. The van der Waals surface area contributed by atoms with E-state index in [1.54, 1.807) is 12.4 Å². The highest BCUT2D eigenvalue weighted by Crippen LogP contribution is 2.11. The van der Waals surface area contributed by atoms with Crippen molar-refractivity contribution in [2.24, 2.45) is 0 Å². The Morgan fingerprint density at radius 2 is 1.83 bits per heavy atom. The van der Waals surface area contributed by atoms with Gasteiger partial charge in [-0.2, -0.15) is 0 Å². The first-order chi connectivity index (χ1) is 8.86. The fourth-order valence-electron chi connectivity index (χ4n) is 1.94. The first-order valence-corrected chi connectivity index (χ1v) is 5.69. The smallest absolute Gasteiger partial charge is 0.326 e. The molecule has 18 heavy (non-hydrogen) atoms. The zero-order valence-electron chi connectivity index (χ0n) is 9.69. The first-order valence-electron chi connectivity index (χ1n) is 5.69. The second-order valence-corrected chi connectivity index (χ2v) is 4.08. The van der Waals surface area contributed by atoms with Gasteiger partial charge < -0.3 is 9.59 Å². The predicted molar refractivity (Wildman–Crippen MR) is 70.7 cm³/mol. The summed E-state index contributed by atoms with van der Waals surface area (Å²) in [5, 5.41) is 8.88. The molecule has 4 nitrogen and oxygen atoms in total. The third-order valence-corrected chi connectivity index (χ3v) is 2.87. The number of aromatic nitrogens is 3. The molecule has 3 aromatic rings. The van der Waals surface area contributed by atoms with Gasteiger partial charge in [0.2, 0.25) is 0 Å². The van der Waals surface area contributed by atoms with Crippen molar-refractivity contribution in [3.8, 4) is 0 Å². The fraction of sp³-hybridized carbons (Fsp3) is 0.0769. The van der Waals surface area contributed by atoms with Crippen molar-refractivity contribution < 1.29 is 5.02 Å². The highest BCUT2D eigenvalue weighted by Gasteiger charge is 2.03. The van der Waals surface area contributed by atoms with E-state index in [1.807, 2.05) is 36.5 Å². The van der Waals surface area contributed by atoms with Crippen molar-refractivity contribution >= 4 is 24.1 Å². The molecule has 0 aliphatic heterocycles. The molecule has 0 amide bonds. The largest absolute Gasteiger partial charge is 0.450 e. The summed E-state index contributed by atoms with van der Waals surface area (Å²) < 4.78 is 2.06. The van der Waals surface area contributed by atoms with Crippen molar-refractivity contribution in [3.63, 3.8) is 0 Å². The van der Waals surface area contributed by atoms with Crippen LogP contribution in [-0.4, -0.2) is 27.0 Å². The molecule has 0 aliphatic rings. The summed E-state index contributed by atoms with van der Waals surface area (Å²) in [6, 6.07) is 9.70. The Morgan fingerprint density at radius 1 is 1.06 bits per heavy atom. The van der Waals surface area contributed by atoms with Gasteiger partial charge in [0.1, 0.15) is 5.52 Å². The van der Waals surface area contributed by atoms with Crippen LogP contribution in [0.5, 0.6) is 0 Å². The maximum Gasteiger partial charge on any atom is 0.326 e. The number of nitrogens with zero attached hydrogens (tertiary/aromatic N) is 3. The standard InChI is InChI=1S/C13H11BN3O/c18-14-11-3-1-10(2-4-11)9-17-8-5-12-13(17)16-7-6-15-12/h1-8,18H,9H2. The Hall–Kier alpha value is -2.14. The molecule has 2 aromatic heterocycles. The molecule has 3 rings (SSSR count). The van der Waals surface area contributed by atoms with Gasteiger partial charge in [0.15, 0.2) is 5.65 Å². The summed E-state index contributed by atoms with van der Waals surface area (Å²) >= 11 is 0. The number of hydrogen-bond acceptors (Lipinski definition) is 3. The van der Waals surface area contributed by atoms with Crippen LogP contribution in [-0.2, 0) is 6.54 Å². The maximum atomic E-state index is 8.88. The topological polar surface area (TPSA) is 50.9 Å². The highest BCUT2D eigenvalue weighted by atomic mass is 16.2. The van der Waals surface area contributed by atoms with Gasteiger partial charge in [0.25, 0.3) is 0 Å². The minimum atomic E-state index is 0.744. The van der Waals surface area contributed by atoms with Crippen LogP contribution in [0, 0.1) is 0 Å². The van der Waals surface area contributed by atoms with E-state index >= 15 is 0 Å². The molecule has 1 radical (unpaired) electrons. The molecular formula is C13H11BN3O. The normalized spacial score (nSPS) is 10.7. The first kappa shape index (κ1) is 11.0. The number of rotatable bonds is 3. The molecule has 1 N–H and O–H groups in total. The molecule has 0 bridgehead atoms. The van der Waals surface area contributed by atoms with Crippen LogP contribution in [0.1, 0.15) is 5.56 Å². The van der Waals surface area contributed by atoms with Crippen molar-refractivity contribution in [1.82, 2.24) is 14.5 Å². The summed E-state index contributed by atoms with van der Waals surface area (Å²) in [5.74, 6) is 0. The minimum Gasteiger partial charge on any atom is -0.450 e. The van der Waals surface area contributed by atoms with Gasteiger partial charge in [0.05, 0.1) is 0 Å². The molecule has 1 aromatic carbocycles. The van der Waals surface area contributed by atoms with Gasteiger partial charge in [-0.1, -0.05) is 29.7 Å². The second-order valence-electron chi connectivity index (χ2n) is 4.08. The van der Waals surface area contributed by atoms with Crippen molar-refractivity contribution in [3.05, 3.63) is 54.5 Å². The van der Waals surface area contributed by atoms with Crippen molar-refractivity contribution in [1.29, 1.82) is 0 Å². The van der Waals surface area contributed by atoms with Crippen molar-refractivity contribution in [2.75, 3.05) is 0 Å². The molecule has 0 atom stereocenters. The predicted octanol–water partition coefficient (Wildman–Crippen LogP) is 0.716. The van der Waals surface area contributed by atoms with Gasteiger partial charge in [-0.05, 0) is 11.6 Å². The summed E-state index contributed by atoms with van der Waals surface area (Å²) in [4.78, 5) is 8.57. The van der Waals surface area contributed by atoms with Crippen LogP contribution in [0.4, 0.5) is 0 Å². The molecule has 2 heterocycles. The summed E-state index contributed by atoms with van der Waals surface area (Å²) in [6.07, 6.45) is 5.37. The van der Waals surface area contributed by atoms with E-state index in [-0.39, 0.29) is 0 Å². The van der Waals surface area contributed by atoms with Gasteiger partial charge >= 0.3 is 7.48 Å². The summed E-state index contributed by atoms with van der Waals surface area (Å²) in [6.45, 7) is 0.744. The average molecular weight is 236 g/mol. The Kier molecular flexibility index (Phi) is 2.82. The molecule has 0 saturated heterocycles. The molecular weight excluding hydrogens is 225 g/mol. The van der Waals surface area contributed by atoms with Gasteiger partial charge in [-0.3, -0.25) is 4.98 Å². The summed E-state index contributed by atoms with van der Waals surface area (Å²) in [7, 11) is 1.10. The molecule has 0 unspecified atom stereocenters. The van der Waals surface area contributed by atoms with Gasteiger partial charge in [0, 0.05) is 25.1 Å². The van der Waals surface area contributed by atoms with Gasteiger partial charge in [-0.15, -0.1) is 0 Å². The third-order valence-electron chi connectivity index (χ3n) is 2.87. The average Bonchev–Trinajstić information content (AvgIpc) is 2.83. The number of benzene rings is 1. The van der Waals surface area contributed by atoms with Crippen LogP contribution in [0.2, 0.25) is 0 Å². The Balaban J connectivity index is 1.91. The van der Waals surface area contributed by atoms with E-state index in [9.17, 15) is 0 Å². The molecule has 0 aliphatic carbocycles. The number of fused-ring (bicyclic) bond motifs is 1. The van der Waals surface area contributed by atoms with E-state index < -0.39 is 0 Å². The Morgan fingerprint density at radius 3 is 2.61 bits per heavy atom. The molecule has 0 fully saturated rings. The quantitative estimate of drug-likeness (QED) is 0.681. The van der Waals surface area contributed by atoms with Crippen LogP contribution < -0.4 is 5.46 Å². The van der Waals surface area contributed by atoms with Gasteiger partial charge in [-0.25, -0.2) is 4.98 Å². The van der Waals surface area contributed by atoms with Crippen LogP contribution >= 0.6 is 0 Å². The van der Waals surface area contributed by atoms with E-state index in [0.717, 1.165) is 36.2 Å². The van der Waals surface area contributed by atoms with Crippen LogP contribution in [0.25, 0.3) is 11.2 Å². The molecule has 87 valence electrons. The fourth-order valence-corrected chi connectivity index (χ4v) is 1.94. The van der Waals surface area contributed by atoms with E-state index in [2.05, 4.69) is 14.5 Å². The minimum absolute atomic E-state index is 0.744. The molecule has 0 spiro atoms. The Labute approximate surface area is 105 Å². The van der Waals surface area contributed by atoms with Crippen molar-refractivity contribution in [2.45, 2.75) is 6.54 Å². The lowest BCUT2D eigenvalue weighted by Crippen LogP contribution is -2.12. The Bertz CT molecular complexity index is 663.